The molecule has 3 aromatic carbocycles. The van der Waals surface area contributed by atoms with Gasteiger partial charge in [-0.1, -0.05) is 79.0 Å². The van der Waals surface area contributed by atoms with Gasteiger partial charge in [-0.05, 0) is 66.8 Å². The molecule has 3 rings (SSSR count). The molecule has 0 aromatic heterocycles. The van der Waals surface area contributed by atoms with Crippen LogP contribution in [0.25, 0.3) is 0 Å². The molecule has 1 N–H and O–H groups in total. The van der Waals surface area contributed by atoms with Gasteiger partial charge in [0.2, 0.25) is 21.8 Å². The summed E-state index contributed by atoms with van der Waals surface area (Å²) >= 11 is 12.4. The Kier molecular flexibility index (Phi) is 11.6. The van der Waals surface area contributed by atoms with Crippen LogP contribution in [-0.2, 0) is 32.6 Å². The van der Waals surface area contributed by atoms with Gasteiger partial charge in [-0.15, -0.1) is 0 Å². The van der Waals surface area contributed by atoms with Gasteiger partial charge in [0.25, 0.3) is 0 Å². The molecule has 0 radical (unpaired) electrons. The van der Waals surface area contributed by atoms with E-state index in [0.29, 0.717) is 27.8 Å². The summed E-state index contributed by atoms with van der Waals surface area (Å²) in [6.45, 7) is 5.86. The SMILES string of the molecule is CCCCNC(=O)[C@@H](Cc1ccccc1)N(Cc1ccc(Cl)c(Cl)c1)C(=O)CN(c1ccc(C)c(C)c1)S(C)(=O)=O. The number of carbonyl (C=O) groups is 2. The van der Waals surface area contributed by atoms with Gasteiger partial charge in [-0.25, -0.2) is 8.42 Å². The average Bonchev–Trinajstić information content (AvgIpc) is 2.92. The summed E-state index contributed by atoms with van der Waals surface area (Å²) < 4.78 is 27.0. The van der Waals surface area contributed by atoms with E-state index in [1.165, 1.54) is 4.90 Å². The topological polar surface area (TPSA) is 86.8 Å². The molecule has 41 heavy (non-hydrogen) atoms. The molecule has 0 bridgehead atoms. The maximum absolute atomic E-state index is 14.1. The van der Waals surface area contributed by atoms with Crippen LogP contribution in [-0.4, -0.2) is 50.5 Å². The van der Waals surface area contributed by atoms with Crippen molar-refractivity contribution in [3.8, 4) is 0 Å². The highest BCUT2D eigenvalue weighted by Gasteiger charge is 2.33. The first kappa shape index (κ1) is 32.4. The molecule has 0 fully saturated rings. The lowest BCUT2D eigenvalue weighted by atomic mass is 10.0. The highest BCUT2D eigenvalue weighted by atomic mass is 35.5. The van der Waals surface area contributed by atoms with Crippen molar-refractivity contribution in [2.45, 2.75) is 52.6 Å². The predicted octanol–water partition coefficient (Wildman–Crippen LogP) is 5.93. The second-order valence-electron chi connectivity index (χ2n) is 10.2. The third-order valence-corrected chi connectivity index (χ3v) is 8.77. The van der Waals surface area contributed by atoms with E-state index in [9.17, 15) is 18.0 Å². The molecule has 0 heterocycles. The Hall–Kier alpha value is -3.07. The first-order valence-corrected chi connectivity index (χ1v) is 16.1. The molecular weight excluding hydrogens is 581 g/mol. The van der Waals surface area contributed by atoms with Crippen molar-refractivity contribution in [3.05, 3.63) is 99.0 Å². The Morgan fingerprint density at radius 2 is 1.61 bits per heavy atom. The maximum Gasteiger partial charge on any atom is 0.244 e. The Labute approximate surface area is 253 Å². The molecule has 220 valence electrons. The number of aryl methyl sites for hydroxylation is 2. The van der Waals surface area contributed by atoms with Gasteiger partial charge in [0.05, 0.1) is 22.0 Å². The normalized spacial score (nSPS) is 12.0. The van der Waals surface area contributed by atoms with Gasteiger partial charge < -0.3 is 10.2 Å². The number of anilines is 1. The monoisotopic (exact) mass is 617 g/mol. The Morgan fingerprint density at radius 1 is 0.902 bits per heavy atom. The van der Waals surface area contributed by atoms with Gasteiger partial charge in [0.1, 0.15) is 12.6 Å². The highest BCUT2D eigenvalue weighted by molar-refractivity contribution is 7.92. The van der Waals surface area contributed by atoms with Gasteiger partial charge >= 0.3 is 0 Å². The number of benzene rings is 3. The summed E-state index contributed by atoms with van der Waals surface area (Å²) in [7, 11) is -3.84. The lowest BCUT2D eigenvalue weighted by Crippen LogP contribution is -2.53. The number of nitrogens with one attached hydrogen (secondary N) is 1. The van der Waals surface area contributed by atoms with Crippen molar-refractivity contribution in [1.82, 2.24) is 10.2 Å². The van der Waals surface area contributed by atoms with E-state index in [0.717, 1.165) is 40.1 Å². The van der Waals surface area contributed by atoms with Crippen LogP contribution in [0.3, 0.4) is 0 Å². The van der Waals surface area contributed by atoms with Crippen molar-refractivity contribution >= 4 is 50.7 Å². The standard InChI is InChI=1S/C31H37Cl2N3O4S/c1-5-6-16-34-31(38)29(19-24-10-8-7-9-11-24)35(20-25-13-15-27(32)28(33)18-25)30(37)21-36(41(4,39)40)26-14-12-22(2)23(3)17-26/h7-15,17-18,29H,5-6,16,19-21H2,1-4H3,(H,34,38)/t29-/m1/s1. The molecule has 7 nitrogen and oxygen atoms in total. The van der Waals surface area contributed by atoms with Gasteiger partial charge in [-0.2, -0.15) is 0 Å². The highest BCUT2D eigenvalue weighted by Crippen LogP contribution is 2.26. The molecule has 1 atom stereocenters. The largest absolute Gasteiger partial charge is 0.354 e. The van der Waals surface area contributed by atoms with Crippen molar-refractivity contribution in [1.29, 1.82) is 0 Å². The lowest BCUT2D eigenvalue weighted by Gasteiger charge is -2.33. The van der Waals surface area contributed by atoms with E-state index in [1.54, 1.807) is 30.3 Å². The minimum Gasteiger partial charge on any atom is -0.354 e. The summed E-state index contributed by atoms with van der Waals surface area (Å²) in [4.78, 5) is 29.2. The summed E-state index contributed by atoms with van der Waals surface area (Å²) in [6.07, 6.45) is 3.00. The smallest absolute Gasteiger partial charge is 0.244 e. The molecule has 0 unspecified atom stereocenters. The molecule has 0 saturated heterocycles. The van der Waals surface area contributed by atoms with Crippen molar-refractivity contribution in [2.24, 2.45) is 0 Å². The molecule has 0 saturated carbocycles. The van der Waals surface area contributed by atoms with Crippen LogP contribution in [0.4, 0.5) is 5.69 Å². The molecule has 10 heteroatoms. The second kappa shape index (κ2) is 14.7. The third kappa shape index (κ3) is 9.21. The Morgan fingerprint density at radius 3 is 2.22 bits per heavy atom. The minimum atomic E-state index is -3.84. The Bertz CT molecular complexity index is 1470. The van der Waals surface area contributed by atoms with E-state index < -0.39 is 28.5 Å². The second-order valence-corrected chi connectivity index (χ2v) is 12.9. The van der Waals surface area contributed by atoms with Crippen LogP contribution in [0.15, 0.2) is 66.7 Å². The fourth-order valence-electron chi connectivity index (χ4n) is 4.39. The molecule has 2 amide bonds. The summed E-state index contributed by atoms with van der Waals surface area (Å²) in [5, 5.41) is 3.64. The maximum atomic E-state index is 14.1. The number of halogens is 2. The van der Waals surface area contributed by atoms with Crippen molar-refractivity contribution in [2.75, 3.05) is 23.7 Å². The number of rotatable bonds is 13. The first-order valence-electron chi connectivity index (χ1n) is 13.5. The lowest BCUT2D eigenvalue weighted by molar-refractivity contribution is -0.140. The minimum absolute atomic E-state index is 0.0267. The molecular formula is C31H37Cl2N3O4S. The number of carbonyl (C=O) groups excluding carboxylic acids is 2. The van der Waals surface area contributed by atoms with E-state index in [4.69, 9.17) is 23.2 Å². The van der Waals surface area contributed by atoms with Crippen LogP contribution < -0.4 is 9.62 Å². The molecule has 3 aromatic rings. The fraction of sp³-hybridized carbons (Fsp3) is 0.355. The average molecular weight is 619 g/mol. The molecule has 0 spiro atoms. The fourth-order valence-corrected chi connectivity index (χ4v) is 5.55. The van der Waals surface area contributed by atoms with E-state index in [2.05, 4.69) is 5.32 Å². The number of sulfonamides is 1. The molecule has 0 aliphatic heterocycles. The number of nitrogens with zero attached hydrogens (tertiary/aromatic N) is 2. The third-order valence-electron chi connectivity index (χ3n) is 6.90. The van der Waals surface area contributed by atoms with Gasteiger partial charge in [0.15, 0.2) is 0 Å². The summed E-state index contributed by atoms with van der Waals surface area (Å²) in [5.41, 5.74) is 3.80. The zero-order valence-electron chi connectivity index (χ0n) is 23.9. The Balaban J connectivity index is 2.06. The van der Waals surface area contributed by atoms with E-state index in [-0.39, 0.29) is 18.9 Å². The van der Waals surface area contributed by atoms with Crippen LogP contribution in [0.1, 0.15) is 42.0 Å². The molecule has 0 aliphatic carbocycles. The van der Waals surface area contributed by atoms with Crippen LogP contribution in [0, 0.1) is 13.8 Å². The number of hydrogen-bond donors (Lipinski definition) is 1. The number of unbranched alkanes of at least 4 members (excludes halogenated alkanes) is 1. The van der Waals surface area contributed by atoms with Crippen LogP contribution in [0.5, 0.6) is 0 Å². The number of hydrogen-bond acceptors (Lipinski definition) is 4. The predicted molar refractivity (Wildman–Crippen MR) is 167 cm³/mol. The first-order chi connectivity index (χ1) is 19.4. The summed E-state index contributed by atoms with van der Waals surface area (Å²) in [5.74, 6) is -0.834. The number of amides is 2. The van der Waals surface area contributed by atoms with Gasteiger partial charge in [0, 0.05) is 19.5 Å². The van der Waals surface area contributed by atoms with Crippen LogP contribution >= 0.6 is 23.2 Å². The summed E-state index contributed by atoms with van der Waals surface area (Å²) in [6, 6.07) is 18.8. The zero-order chi connectivity index (χ0) is 30.2. The van der Waals surface area contributed by atoms with Crippen LogP contribution in [0.2, 0.25) is 10.0 Å². The van der Waals surface area contributed by atoms with E-state index >= 15 is 0 Å². The zero-order valence-corrected chi connectivity index (χ0v) is 26.2. The van der Waals surface area contributed by atoms with Crippen molar-refractivity contribution in [3.63, 3.8) is 0 Å². The van der Waals surface area contributed by atoms with E-state index in [1.807, 2.05) is 57.2 Å². The van der Waals surface area contributed by atoms with Gasteiger partial charge in [-0.3, -0.25) is 13.9 Å². The van der Waals surface area contributed by atoms with Crippen molar-refractivity contribution < 1.29 is 18.0 Å². The quantitative estimate of drug-likeness (QED) is 0.241. The molecule has 0 aliphatic rings.